The summed E-state index contributed by atoms with van der Waals surface area (Å²) in [5.74, 6) is 0.108. The summed E-state index contributed by atoms with van der Waals surface area (Å²) in [4.78, 5) is 28.8. The van der Waals surface area contributed by atoms with Crippen LogP contribution >= 0.6 is 11.3 Å². The first-order chi connectivity index (χ1) is 11.8. The summed E-state index contributed by atoms with van der Waals surface area (Å²) in [6.07, 6.45) is 0. The minimum atomic E-state index is -0.463. The Labute approximate surface area is 148 Å². The van der Waals surface area contributed by atoms with Gasteiger partial charge in [0.2, 0.25) is 0 Å². The molecule has 2 heterocycles. The van der Waals surface area contributed by atoms with Crippen LogP contribution in [0.2, 0.25) is 0 Å². The van der Waals surface area contributed by atoms with E-state index < -0.39 is 11.2 Å². The second kappa shape index (κ2) is 6.21. The fourth-order valence-corrected chi connectivity index (χ4v) is 3.21. The van der Waals surface area contributed by atoms with Gasteiger partial charge in [0.15, 0.2) is 5.13 Å². The number of nitrogens with zero attached hydrogens (tertiary/aromatic N) is 3. The highest BCUT2D eigenvalue weighted by molar-refractivity contribution is 7.14. The molecule has 3 N–H and O–H groups in total. The van der Waals surface area contributed by atoms with Gasteiger partial charge in [-0.1, -0.05) is 6.07 Å². The topological polar surface area (TPSA) is 94.9 Å². The maximum Gasteiger partial charge on any atom is 0.332 e. The monoisotopic (exact) mass is 357 g/mol. The van der Waals surface area contributed by atoms with Crippen molar-refractivity contribution in [1.82, 2.24) is 14.1 Å². The zero-order valence-corrected chi connectivity index (χ0v) is 15.3. The Kier molecular flexibility index (Phi) is 4.22. The Morgan fingerprint density at radius 2 is 1.84 bits per heavy atom. The molecule has 0 spiro atoms. The fraction of sp³-hybridized carbons (Fsp3) is 0.235. The molecule has 2 aromatic heterocycles. The van der Waals surface area contributed by atoms with E-state index in [0.29, 0.717) is 10.8 Å². The second-order valence-electron chi connectivity index (χ2n) is 5.93. The number of nitrogen functional groups attached to an aromatic ring is 1. The Morgan fingerprint density at radius 1 is 1.12 bits per heavy atom. The number of anilines is 3. The molecular formula is C17H19N5O2S. The largest absolute Gasteiger partial charge is 0.384 e. The first kappa shape index (κ1) is 17.0. The Balaban J connectivity index is 2.01. The van der Waals surface area contributed by atoms with E-state index in [9.17, 15) is 9.59 Å². The van der Waals surface area contributed by atoms with Gasteiger partial charge in [-0.15, -0.1) is 11.3 Å². The average molecular weight is 357 g/mol. The van der Waals surface area contributed by atoms with Crippen LogP contribution in [-0.4, -0.2) is 14.1 Å². The lowest BCUT2D eigenvalue weighted by molar-refractivity contribution is 0.696. The first-order valence-electron chi connectivity index (χ1n) is 7.65. The van der Waals surface area contributed by atoms with Crippen molar-refractivity contribution in [3.05, 3.63) is 55.5 Å². The molecule has 0 unspecified atom stereocenters. The van der Waals surface area contributed by atoms with Gasteiger partial charge in [0, 0.05) is 25.2 Å². The van der Waals surface area contributed by atoms with Crippen molar-refractivity contribution in [2.24, 2.45) is 14.1 Å². The molecule has 0 saturated heterocycles. The SMILES string of the molecule is Cc1ccc(Nc2nc(-c3c(N)n(C)c(=O)n(C)c3=O)cs2)cc1C. The van der Waals surface area contributed by atoms with E-state index in [4.69, 9.17) is 5.73 Å². The molecule has 0 aliphatic rings. The van der Waals surface area contributed by atoms with Crippen molar-refractivity contribution in [2.45, 2.75) is 13.8 Å². The van der Waals surface area contributed by atoms with Crippen molar-refractivity contribution in [1.29, 1.82) is 0 Å². The highest BCUT2D eigenvalue weighted by Gasteiger charge is 2.17. The number of hydrogen-bond acceptors (Lipinski definition) is 6. The van der Waals surface area contributed by atoms with E-state index in [2.05, 4.69) is 17.2 Å². The molecule has 0 bridgehead atoms. The van der Waals surface area contributed by atoms with E-state index in [-0.39, 0.29) is 11.4 Å². The minimum Gasteiger partial charge on any atom is -0.384 e. The van der Waals surface area contributed by atoms with E-state index in [1.165, 1.54) is 41.1 Å². The first-order valence-corrected chi connectivity index (χ1v) is 8.53. The molecule has 1 aromatic carbocycles. The number of benzene rings is 1. The van der Waals surface area contributed by atoms with Crippen molar-refractivity contribution in [2.75, 3.05) is 11.1 Å². The number of nitrogens with one attached hydrogen (secondary N) is 1. The quantitative estimate of drug-likeness (QED) is 0.749. The summed E-state index contributed by atoms with van der Waals surface area (Å²) < 4.78 is 2.27. The van der Waals surface area contributed by atoms with Gasteiger partial charge in [0.25, 0.3) is 5.56 Å². The fourth-order valence-electron chi connectivity index (χ4n) is 2.49. The van der Waals surface area contributed by atoms with Crippen LogP contribution in [0.25, 0.3) is 11.3 Å². The van der Waals surface area contributed by atoms with Crippen molar-refractivity contribution in [3.8, 4) is 11.3 Å². The standard InChI is InChI=1S/C17H19N5O2S/c1-9-5-6-11(7-10(9)2)19-16-20-12(8-25-16)13-14(18)21(3)17(24)22(4)15(13)23/h5-8H,18H2,1-4H3,(H,19,20). The van der Waals surface area contributed by atoms with Crippen molar-refractivity contribution in [3.63, 3.8) is 0 Å². The predicted octanol–water partition coefficient (Wildman–Crippen LogP) is 2.15. The molecule has 0 amide bonds. The summed E-state index contributed by atoms with van der Waals surface area (Å²) in [7, 11) is 2.95. The van der Waals surface area contributed by atoms with Gasteiger partial charge in [0.05, 0.1) is 5.69 Å². The number of nitrogens with two attached hydrogens (primary N) is 1. The molecule has 3 aromatic rings. The number of aryl methyl sites for hydroxylation is 2. The molecule has 0 fully saturated rings. The average Bonchev–Trinajstić information content (AvgIpc) is 3.03. The molecule has 0 saturated carbocycles. The smallest absolute Gasteiger partial charge is 0.332 e. The number of hydrogen-bond donors (Lipinski definition) is 2. The Bertz CT molecular complexity index is 1080. The molecule has 0 aliphatic heterocycles. The van der Waals surface area contributed by atoms with Gasteiger partial charge >= 0.3 is 5.69 Å². The van der Waals surface area contributed by atoms with Crippen LogP contribution in [-0.2, 0) is 14.1 Å². The van der Waals surface area contributed by atoms with Crippen LogP contribution in [0.15, 0.2) is 33.2 Å². The van der Waals surface area contributed by atoms with Crippen LogP contribution in [0.5, 0.6) is 0 Å². The molecule has 3 rings (SSSR count). The van der Waals surface area contributed by atoms with Gasteiger partial charge in [0.1, 0.15) is 11.4 Å². The summed E-state index contributed by atoms with van der Waals surface area (Å²) in [6, 6.07) is 6.05. The molecule has 25 heavy (non-hydrogen) atoms. The molecule has 7 nitrogen and oxygen atoms in total. The third kappa shape index (κ3) is 2.96. The molecule has 8 heteroatoms. The maximum absolute atomic E-state index is 12.4. The van der Waals surface area contributed by atoms with Crippen LogP contribution in [0, 0.1) is 13.8 Å². The Morgan fingerprint density at radius 3 is 2.52 bits per heavy atom. The molecule has 0 atom stereocenters. The highest BCUT2D eigenvalue weighted by atomic mass is 32.1. The van der Waals surface area contributed by atoms with E-state index in [0.717, 1.165) is 10.3 Å². The summed E-state index contributed by atoms with van der Waals surface area (Å²) >= 11 is 1.37. The highest BCUT2D eigenvalue weighted by Crippen LogP contribution is 2.28. The molecule has 0 aliphatic carbocycles. The van der Waals surface area contributed by atoms with Crippen LogP contribution < -0.4 is 22.3 Å². The normalized spacial score (nSPS) is 10.9. The van der Waals surface area contributed by atoms with Gasteiger partial charge < -0.3 is 11.1 Å². The van der Waals surface area contributed by atoms with Gasteiger partial charge in [-0.05, 0) is 37.1 Å². The van der Waals surface area contributed by atoms with Gasteiger partial charge in [-0.25, -0.2) is 9.78 Å². The number of rotatable bonds is 3. The zero-order chi connectivity index (χ0) is 18.3. The second-order valence-corrected chi connectivity index (χ2v) is 6.79. The summed E-state index contributed by atoms with van der Waals surface area (Å²) in [6.45, 7) is 4.10. The maximum atomic E-state index is 12.4. The lowest BCUT2D eigenvalue weighted by Crippen LogP contribution is -2.39. The lowest BCUT2D eigenvalue weighted by atomic mass is 10.1. The number of thiazole rings is 1. The van der Waals surface area contributed by atoms with Crippen LogP contribution in [0.1, 0.15) is 11.1 Å². The van der Waals surface area contributed by atoms with Crippen LogP contribution in [0.3, 0.4) is 0 Å². The van der Waals surface area contributed by atoms with Crippen molar-refractivity contribution >= 4 is 28.0 Å². The van der Waals surface area contributed by atoms with E-state index >= 15 is 0 Å². The lowest BCUT2D eigenvalue weighted by Gasteiger charge is -2.09. The molecule has 130 valence electrons. The Hall–Kier alpha value is -2.87. The summed E-state index contributed by atoms with van der Waals surface area (Å²) in [5.41, 5.74) is 9.05. The van der Waals surface area contributed by atoms with E-state index in [1.807, 2.05) is 25.1 Å². The third-order valence-electron chi connectivity index (χ3n) is 4.23. The third-order valence-corrected chi connectivity index (χ3v) is 4.99. The minimum absolute atomic E-state index is 0.108. The van der Waals surface area contributed by atoms with Gasteiger partial charge in [-0.3, -0.25) is 13.9 Å². The molecule has 0 radical (unpaired) electrons. The zero-order valence-electron chi connectivity index (χ0n) is 14.5. The van der Waals surface area contributed by atoms with Crippen molar-refractivity contribution < 1.29 is 0 Å². The molecular weight excluding hydrogens is 338 g/mol. The van der Waals surface area contributed by atoms with E-state index in [1.54, 1.807) is 5.38 Å². The van der Waals surface area contributed by atoms with Crippen LogP contribution in [0.4, 0.5) is 16.6 Å². The number of aromatic nitrogens is 3. The predicted molar refractivity (Wildman–Crippen MR) is 102 cm³/mol. The van der Waals surface area contributed by atoms with Gasteiger partial charge in [-0.2, -0.15) is 0 Å². The summed E-state index contributed by atoms with van der Waals surface area (Å²) in [5, 5.41) is 5.63.